The highest BCUT2D eigenvalue weighted by Gasteiger charge is 2.10. The lowest BCUT2D eigenvalue weighted by molar-refractivity contribution is -0.147. The van der Waals surface area contributed by atoms with Crippen molar-refractivity contribution in [3.05, 3.63) is 59.7 Å². The zero-order valence-electron chi connectivity index (χ0n) is 19.7. The van der Waals surface area contributed by atoms with Gasteiger partial charge in [0.2, 0.25) is 0 Å². The van der Waals surface area contributed by atoms with Crippen LogP contribution in [0.15, 0.2) is 48.5 Å². The maximum Gasteiger partial charge on any atom is 0.394 e. The molecule has 0 heterocycles. The monoisotopic (exact) mass is 451 g/mol. The van der Waals surface area contributed by atoms with Crippen LogP contribution in [0.1, 0.15) is 82.3 Å². The quantitative estimate of drug-likeness (QED) is 0.171. The molecular weight excluding hydrogens is 414 g/mol. The fourth-order valence-electron chi connectivity index (χ4n) is 3.51. The van der Waals surface area contributed by atoms with Crippen molar-refractivity contribution in [2.45, 2.75) is 71.1 Å². The minimum atomic E-state index is -1.50. The Labute approximate surface area is 197 Å². The summed E-state index contributed by atoms with van der Waals surface area (Å²) in [5.41, 5.74) is 2.46. The fourth-order valence-corrected chi connectivity index (χ4v) is 3.51. The molecule has 0 aliphatic carbocycles. The summed E-state index contributed by atoms with van der Waals surface area (Å²) in [4.78, 5) is 21.8. The summed E-state index contributed by atoms with van der Waals surface area (Å²) in [5.74, 6) is -1.66. The first-order valence-electron chi connectivity index (χ1n) is 12.1. The number of carbonyl (C=O) groups excluding carboxylic acids is 1. The van der Waals surface area contributed by atoms with Crippen molar-refractivity contribution in [3.63, 3.8) is 0 Å². The molecule has 0 spiro atoms. The summed E-state index contributed by atoms with van der Waals surface area (Å²) in [6.45, 7) is 3.02. The van der Waals surface area contributed by atoms with Crippen molar-refractivity contribution in [1.82, 2.24) is 0 Å². The van der Waals surface area contributed by atoms with Gasteiger partial charge in [-0.2, -0.15) is 0 Å². The van der Waals surface area contributed by atoms with Gasteiger partial charge in [-0.05, 0) is 41.8 Å². The molecule has 0 fully saturated rings. The Bertz CT molecular complexity index is 856. The summed E-state index contributed by atoms with van der Waals surface area (Å²) < 4.78 is 5.86. The van der Waals surface area contributed by atoms with E-state index >= 15 is 0 Å². The van der Waals surface area contributed by atoms with Crippen molar-refractivity contribution in [2.24, 2.45) is 0 Å². The number of unbranched alkanes of at least 4 members (excludes halogenated alkanes) is 9. The summed E-state index contributed by atoms with van der Waals surface area (Å²) >= 11 is 0. The van der Waals surface area contributed by atoms with Crippen molar-refractivity contribution in [1.29, 1.82) is 0 Å². The van der Waals surface area contributed by atoms with Gasteiger partial charge in [0.1, 0.15) is 5.75 Å². The first-order valence-corrected chi connectivity index (χ1v) is 12.1. The van der Waals surface area contributed by atoms with Crippen LogP contribution in [-0.4, -0.2) is 23.6 Å². The van der Waals surface area contributed by atoms with Gasteiger partial charge in [-0.25, -0.2) is 4.79 Å². The molecule has 0 radical (unpaired) electrons. The molecule has 2 aromatic rings. The second kappa shape index (κ2) is 15.7. The molecular formula is C28H37NO4. The van der Waals surface area contributed by atoms with E-state index in [0.717, 1.165) is 29.9 Å². The third kappa shape index (κ3) is 11.4. The molecule has 178 valence electrons. The van der Waals surface area contributed by atoms with Gasteiger partial charge < -0.3 is 15.2 Å². The van der Waals surface area contributed by atoms with Gasteiger partial charge in [0.05, 0.1) is 6.61 Å². The summed E-state index contributed by atoms with van der Waals surface area (Å²) in [7, 11) is 0. The van der Waals surface area contributed by atoms with Crippen LogP contribution in [0.25, 0.3) is 12.2 Å². The van der Waals surface area contributed by atoms with E-state index in [4.69, 9.17) is 9.84 Å². The van der Waals surface area contributed by atoms with Crippen molar-refractivity contribution in [2.75, 3.05) is 11.9 Å². The molecule has 1 amide bonds. The molecule has 0 saturated carbocycles. The third-order valence-electron chi connectivity index (χ3n) is 5.48. The largest absolute Gasteiger partial charge is 0.494 e. The fraction of sp³-hybridized carbons (Fsp3) is 0.429. The number of nitrogens with one attached hydrogen (secondary N) is 1. The van der Waals surface area contributed by atoms with Crippen molar-refractivity contribution >= 4 is 29.7 Å². The number of amides is 1. The number of carboxylic acid groups (broad SMARTS) is 1. The first-order chi connectivity index (χ1) is 16.1. The van der Waals surface area contributed by atoms with Gasteiger partial charge in [0, 0.05) is 5.69 Å². The standard InChI is InChI=1S/C28H37NO4/c1-2-3-4-5-6-7-8-9-10-11-22-33-26-20-16-24(17-21-26)13-12-23-14-18-25(19-15-23)29-27(30)28(31)32/h12-21H,2-11,22H2,1H3,(H,29,30)(H,31,32)/b13-12-. The van der Waals surface area contributed by atoms with E-state index in [1.807, 2.05) is 48.6 Å². The number of hydrogen-bond donors (Lipinski definition) is 2. The number of carboxylic acids is 1. The molecule has 5 heteroatoms. The van der Waals surface area contributed by atoms with Crippen LogP contribution in [0.2, 0.25) is 0 Å². The molecule has 0 saturated heterocycles. The van der Waals surface area contributed by atoms with E-state index < -0.39 is 11.9 Å². The number of rotatable bonds is 15. The number of aliphatic carboxylic acids is 1. The number of carbonyl (C=O) groups is 2. The van der Waals surface area contributed by atoms with Crippen LogP contribution in [-0.2, 0) is 9.59 Å². The number of benzene rings is 2. The molecule has 0 bridgehead atoms. The van der Waals surface area contributed by atoms with Gasteiger partial charge in [-0.15, -0.1) is 0 Å². The van der Waals surface area contributed by atoms with E-state index in [2.05, 4.69) is 12.2 Å². The van der Waals surface area contributed by atoms with Gasteiger partial charge >= 0.3 is 11.9 Å². The van der Waals surface area contributed by atoms with Gasteiger partial charge in [0.25, 0.3) is 0 Å². The van der Waals surface area contributed by atoms with Crippen LogP contribution >= 0.6 is 0 Å². The molecule has 0 aliphatic heterocycles. The molecule has 0 unspecified atom stereocenters. The Hall–Kier alpha value is -3.08. The minimum absolute atomic E-state index is 0.448. The molecule has 33 heavy (non-hydrogen) atoms. The Morgan fingerprint density at radius 1 is 0.758 bits per heavy atom. The predicted molar refractivity (Wildman–Crippen MR) is 135 cm³/mol. The lowest BCUT2D eigenvalue weighted by Crippen LogP contribution is -2.21. The first kappa shape index (κ1) is 26.2. The van der Waals surface area contributed by atoms with Gasteiger partial charge in [0.15, 0.2) is 0 Å². The molecule has 0 aliphatic rings. The zero-order valence-corrected chi connectivity index (χ0v) is 19.7. The second-order valence-electron chi connectivity index (χ2n) is 8.31. The molecule has 0 atom stereocenters. The normalized spacial score (nSPS) is 10.9. The third-order valence-corrected chi connectivity index (χ3v) is 5.48. The average Bonchev–Trinajstić information content (AvgIpc) is 2.82. The Kier molecular flexibility index (Phi) is 12.4. The van der Waals surface area contributed by atoms with Crippen LogP contribution in [0.5, 0.6) is 5.75 Å². The molecule has 2 rings (SSSR count). The van der Waals surface area contributed by atoms with Crippen LogP contribution < -0.4 is 10.1 Å². The Morgan fingerprint density at radius 3 is 1.76 bits per heavy atom. The van der Waals surface area contributed by atoms with Crippen LogP contribution in [0, 0.1) is 0 Å². The molecule has 2 N–H and O–H groups in total. The number of ether oxygens (including phenoxy) is 1. The smallest absolute Gasteiger partial charge is 0.394 e. The van der Waals surface area contributed by atoms with E-state index in [1.54, 1.807) is 12.1 Å². The number of anilines is 1. The summed E-state index contributed by atoms with van der Waals surface area (Å²) in [6, 6.07) is 15.0. The van der Waals surface area contributed by atoms with E-state index in [0.29, 0.717) is 5.69 Å². The van der Waals surface area contributed by atoms with E-state index in [1.165, 1.54) is 57.8 Å². The molecule has 0 aromatic heterocycles. The van der Waals surface area contributed by atoms with Gasteiger partial charge in [-0.3, -0.25) is 4.79 Å². The summed E-state index contributed by atoms with van der Waals surface area (Å²) in [6.07, 6.45) is 17.1. The van der Waals surface area contributed by atoms with E-state index in [9.17, 15) is 9.59 Å². The Balaban J connectivity index is 1.62. The second-order valence-corrected chi connectivity index (χ2v) is 8.31. The topological polar surface area (TPSA) is 75.6 Å². The summed E-state index contributed by atoms with van der Waals surface area (Å²) in [5, 5.41) is 10.9. The van der Waals surface area contributed by atoms with Gasteiger partial charge in [-0.1, -0.05) is 101 Å². The molecule has 2 aromatic carbocycles. The van der Waals surface area contributed by atoms with Crippen LogP contribution in [0.4, 0.5) is 5.69 Å². The highest BCUT2D eigenvalue weighted by Crippen LogP contribution is 2.17. The Morgan fingerprint density at radius 2 is 1.24 bits per heavy atom. The lowest BCUT2D eigenvalue weighted by Gasteiger charge is -2.07. The number of hydrogen-bond acceptors (Lipinski definition) is 3. The predicted octanol–water partition coefficient (Wildman–Crippen LogP) is 7.18. The zero-order chi connectivity index (χ0) is 23.7. The van der Waals surface area contributed by atoms with Crippen molar-refractivity contribution in [3.8, 4) is 5.75 Å². The maximum absolute atomic E-state index is 11.2. The molecule has 5 nitrogen and oxygen atoms in total. The van der Waals surface area contributed by atoms with Crippen molar-refractivity contribution < 1.29 is 19.4 Å². The average molecular weight is 452 g/mol. The maximum atomic E-state index is 11.2. The van der Waals surface area contributed by atoms with E-state index in [-0.39, 0.29) is 0 Å². The lowest BCUT2D eigenvalue weighted by atomic mass is 10.1. The minimum Gasteiger partial charge on any atom is -0.494 e. The highest BCUT2D eigenvalue weighted by molar-refractivity contribution is 6.36. The SMILES string of the molecule is CCCCCCCCCCCCOc1ccc(/C=C\c2ccc(NC(=O)C(=O)O)cc2)cc1. The van der Waals surface area contributed by atoms with Crippen LogP contribution in [0.3, 0.4) is 0 Å². The highest BCUT2D eigenvalue weighted by atomic mass is 16.5.